The minimum absolute atomic E-state index is 0.0658. The Morgan fingerprint density at radius 2 is 2.23 bits per heavy atom. The van der Waals surface area contributed by atoms with Crippen molar-refractivity contribution in [3.05, 3.63) is 0 Å². The lowest BCUT2D eigenvalue weighted by molar-refractivity contribution is -0.122. The molecule has 2 nitrogen and oxygen atoms in total. The van der Waals surface area contributed by atoms with Gasteiger partial charge in [-0.2, -0.15) is 0 Å². The molecule has 0 aromatic carbocycles. The van der Waals surface area contributed by atoms with E-state index in [1.807, 2.05) is 6.92 Å². The Balaban J connectivity index is 4.12. The van der Waals surface area contributed by atoms with E-state index in [1.54, 1.807) is 13.8 Å². The van der Waals surface area contributed by atoms with E-state index in [1.165, 1.54) is 0 Å². The van der Waals surface area contributed by atoms with E-state index in [0.717, 1.165) is 12.8 Å². The summed E-state index contributed by atoms with van der Waals surface area (Å²) in [4.78, 5) is 11.5. The fourth-order valence-electron chi connectivity index (χ4n) is 0.816. The zero-order valence-corrected chi connectivity index (χ0v) is 9.94. The maximum atomic E-state index is 11.5. The van der Waals surface area contributed by atoms with Crippen LogP contribution in [0.25, 0.3) is 0 Å². The van der Waals surface area contributed by atoms with E-state index in [0.29, 0.717) is 0 Å². The third-order valence-electron chi connectivity index (χ3n) is 1.62. The van der Waals surface area contributed by atoms with Crippen molar-refractivity contribution in [3.63, 3.8) is 0 Å². The van der Waals surface area contributed by atoms with Gasteiger partial charge in [0.1, 0.15) is 0 Å². The normalized spacial score (nSPS) is 13.2. The summed E-state index contributed by atoms with van der Waals surface area (Å²) in [6, 6.07) is -0.144. The predicted octanol–water partition coefficient (Wildman–Crippen LogP) is 2.08. The third-order valence-corrected chi connectivity index (χ3v) is 1.98. The van der Waals surface area contributed by atoms with Crippen molar-refractivity contribution in [1.82, 2.24) is 5.32 Å². The van der Waals surface area contributed by atoms with E-state index in [4.69, 9.17) is 6.42 Å². The first-order chi connectivity index (χ1) is 5.91. The molecule has 1 unspecified atom stereocenters. The van der Waals surface area contributed by atoms with Crippen molar-refractivity contribution in [3.8, 4) is 12.3 Å². The highest BCUT2D eigenvalue weighted by Gasteiger charge is 2.24. The average Bonchev–Trinajstić information content (AvgIpc) is 2.01. The maximum absolute atomic E-state index is 11.5. The molecule has 1 atom stereocenters. The molecule has 0 saturated heterocycles. The van der Waals surface area contributed by atoms with Gasteiger partial charge in [0.15, 0.2) is 0 Å². The van der Waals surface area contributed by atoms with Crippen molar-refractivity contribution in [1.29, 1.82) is 0 Å². The van der Waals surface area contributed by atoms with E-state index >= 15 is 0 Å². The number of nitrogens with one attached hydrogen (secondary N) is 1. The molecule has 13 heavy (non-hydrogen) atoms. The van der Waals surface area contributed by atoms with Gasteiger partial charge in [0.2, 0.25) is 5.91 Å². The molecule has 1 N–H and O–H groups in total. The zero-order valence-electron chi connectivity index (χ0n) is 8.36. The SMILES string of the molecule is C#CC(CCC)NC(=O)C(C)(C)Br. The summed E-state index contributed by atoms with van der Waals surface area (Å²) in [6.45, 7) is 5.62. The molecule has 3 heteroatoms. The Morgan fingerprint density at radius 1 is 1.69 bits per heavy atom. The largest absolute Gasteiger partial charge is 0.341 e. The van der Waals surface area contributed by atoms with Crippen LogP contribution in [-0.4, -0.2) is 16.3 Å². The van der Waals surface area contributed by atoms with Crippen LogP contribution in [0.15, 0.2) is 0 Å². The van der Waals surface area contributed by atoms with Crippen LogP contribution in [0.5, 0.6) is 0 Å². The molecular weight excluding hydrogens is 230 g/mol. The minimum atomic E-state index is -0.546. The molecule has 0 bridgehead atoms. The number of alkyl halides is 1. The van der Waals surface area contributed by atoms with Gasteiger partial charge in [-0.25, -0.2) is 0 Å². The van der Waals surface area contributed by atoms with Crippen LogP contribution in [0.3, 0.4) is 0 Å². The van der Waals surface area contributed by atoms with Crippen LogP contribution in [-0.2, 0) is 4.79 Å². The van der Waals surface area contributed by atoms with Gasteiger partial charge in [0.05, 0.1) is 10.4 Å². The maximum Gasteiger partial charge on any atom is 0.237 e. The zero-order chi connectivity index (χ0) is 10.5. The second-order valence-corrected chi connectivity index (χ2v) is 5.44. The molecule has 0 heterocycles. The first-order valence-corrected chi connectivity index (χ1v) is 5.17. The predicted molar refractivity (Wildman–Crippen MR) is 58.7 cm³/mol. The van der Waals surface area contributed by atoms with Gasteiger partial charge < -0.3 is 5.32 Å². The topological polar surface area (TPSA) is 29.1 Å². The fourth-order valence-corrected chi connectivity index (χ4v) is 0.930. The Hall–Kier alpha value is -0.490. The van der Waals surface area contributed by atoms with Gasteiger partial charge in [0, 0.05) is 0 Å². The molecule has 0 aliphatic rings. The van der Waals surface area contributed by atoms with Crippen molar-refractivity contribution in [2.75, 3.05) is 0 Å². The van der Waals surface area contributed by atoms with Crippen LogP contribution < -0.4 is 5.32 Å². The molecule has 74 valence electrons. The van der Waals surface area contributed by atoms with Gasteiger partial charge in [-0.15, -0.1) is 6.42 Å². The molecule has 0 aliphatic heterocycles. The summed E-state index contributed by atoms with van der Waals surface area (Å²) < 4.78 is -0.546. The summed E-state index contributed by atoms with van der Waals surface area (Å²) in [6.07, 6.45) is 7.07. The van der Waals surface area contributed by atoms with Gasteiger partial charge in [-0.05, 0) is 20.3 Å². The molecule has 0 radical (unpaired) electrons. The molecule has 0 saturated carbocycles. The molecule has 0 aromatic rings. The smallest absolute Gasteiger partial charge is 0.237 e. The lowest BCUT2D eigenvalue weighted by Gasteiger charge is -2.19. The van der Waals surface area contributed by atoms with Gasteiger partial charge >= 0.3 is 0 Å². The Labute approximate surface area is 88.6 Å². The number of halogens is 1. The standard InChI is InChI=1S/C10H16BrNO/c1-5-7-8(6-2)12-9(13)10(3,4)11/h2,8H,5,7H2,1,3-4H3,(H,12,13). The molecule has 0 aromatic heterocycles. The van der Waals surface area contributed by atoms with Crippen molar-refractivity contribution in [2.24, 2.45) is 0 Å². The second kappa shape index (κ2) is 5.29. The highest BCUT2D eigenvalue weighted by molar-refractivity contribution is 9.10. The molecule has 0 aliphatic carbocycles. The minimum Gasteiger partial charge on any atom is -0.341 e. The number of carbonyl (C=O) groups is 1. The lowest BCUT2D eigenvalue weighted by atomic mass is 10.1. The van der Waals surface area contributed by atoms with Crippen LogP contribution in [0.4, 0.5) is 0 Å². The first kappa shape index (κ1) is 12.5. The van der Waals surface area contributed by atoms with Gasteiger partial charge in [-0.3, -0.25) is 4.79 Å². The summed E-state index contributed by atoms with van der Waals surface area (Å²) in [7, 11) is 0. The van der Waals surface area contributed by atoms with Crippen LogP contribution in [0.1, 0.15) is 33.6 Å². The van der Waals surface area contributed by atoms with Gasteiger partial charge in [-0.1, -0.05) is 35.2 Å². The van der Waals surface area contributed by atoms with Gasteiger partial charge in [0.25, 0.3) is 0 Å². The highest BCUT2D eigenvalue weighted by atomic mass is 79.9. The second-order valence-electron chi connectivity index (χ2n) is 3.45. The number of hydrogen-bond donors (Lipinski definition) is 1. The Morgan fingerprint density at radius 3 is 2.54 bits per heavy atom. The summed E-state index contributed by atoms with van der Waals surface area (Å²) in [5.41, 5.74) is 0. The highest BCUT2D eigenvalue weighted by Crippen LogP contribution is 2.15. The first-order valence-electron chi connectivity index (χ1n) is 4.37. The lowest BCUT2D eigenvalue weighted by Crippen LogP contribution is -2.42. The number of hydrogen-bond acceptors (Lipinski definition) is 1. The van der Waals surface area contributed by atoms with E-state index in [2.05, 4.69) is 27.2 Å². The number of rotatable bonds is 4. The van der Waals surface area contributed by atoms with Crippen LogP contribution in [0.2, 0.25) is 0 Å². The Kier molecular flexibility index (Phi) is 5.09. The van der Waals surface area contributed by atoms with Crippen LogP contribution >= 0.6 is 15.9 Å². The average molecular weight is 246 g/mol. The van der Waals surface area contributed by atoms with Crippen molar-refractivity contribution in [2.45, 2.75) is 44.0 Å². The number of amides is 1. The molecule has 0 rings (SSSR count). The van der Waals surface area contributed by atoms with E-state index in [-0.39, 0.29) is 11.9 Å². The third kappa shape index (κ3) is 4.94. The van der Waals surface area contributed by atoms with Crippen molar-refractivity contribution >= 4 is 21.8 Å². The quantitative estimate of drug-likeness (QED) is 0.597. The monoisotopic (exact) mass is 245 g/mol. The van der Waals surface area contributed by atoms with E-state index < -0.39 is 4.32 Å². The summed E-state index contributed by atoms with van der Waals surface area (Å²) in [5, 5.41) is 2.79. The molecule has 1 amide bonds. The Bertz CT molecular complexity index is 212. The van der Waals surface area contributed by atoms with E-state index in [9.17, 15) is 4.79 Å². The summed E-state index contributed by atoms with van der Waals surface area (Å²) in [5.74, 6) is 2.49. The number of carbonyl (C=O) groups excluding carboxylic acids is 1. The fraction of sp³-hybridized carbons (Fsp3) is 0.700. The van der Waals surface area contributed by atoms with Crippen LogP contribution in [0, 0.1) is 12.3 Å². The summed E-state index contributed by atoms with van der Waals surface area (Å²) >= 11 is 3.27. The number of terminal acetylenes is 1. The molecule has 0 spiro atoms. The molecule has 0 fully saturated rings. The van der Waals surface area contributed by atoms with Crippen molar-refractivity contribution < 1.29 is 4.79 Å². The molecular formula is C10H16BrNO.